The van der Waals surface area contributed by atoms with Crippen molar-refractivity contribution in [2.24, 2.45) is 0 Å². The lowest BCUT2D eigenvalue weighted by atomic mass is 10.1. The third-order valence-corrected chi connectivity index (χ3v) is 5.92. The maximum Gasteiger partial charge on any atom is 0.425 e. The second-order valence-electron chi connectivity index (χ2n) is 7.47. The number of ether oxygens (including phenoxy) is 1. The van der Waals surface area contributed by atoms with Crippen molar-refractivity contribution in [3.05, 3.63) is 47.4 Å². The van der Waals surface area contributed by atoms with Gasteiger partial charge in [-0.15, -0.1) is 11.8 Å². The summed E-state index contributed by atoms with van der Waals surface area (Å²) in [6.07, 6.45) is -9.21. The summed E-state index contributed by atoms with van der Waals surface area (Å²) in [7, 11) is 0. The maximum absolute atomic E-state index is 14.2. The van der Waals surface area contributed by atoms with Gasteiger partial charge in [0, 0.05) is 37.3 Å². The summed E-state index contributed by atoms with van der Waals surface area (Å²) < 4.78 is 96.4. The number of thioether (sulfide) groups is 1. The van der Waals surface area contributed by atoms with Crippen LogP contribution < -0.4 is 9.64 Å². The number of hydrogen-bond donors (Lipinski definition) is 0. The molecule has 34 heavy (non-hydrogen) atoms. The Morgan fingerprint density at radius 3 is 2.26 bits per heavy atom. The van der Waals surface area contributed by atoms with Crippen LogP contribution in [0.25, 0.3) is 0 Å². The highest BCUT2D eigenvalue weighted by molar-refractivity contribution is 7.98. The van der Waals surface area contributed by atoms with Crippen LogP contribution >= 0.6 is 11.8 Å². The average molecular weight is 511 g/mol. The third kappa shape index (κ3) is 5.86. The van der Waals surface area contributed by atoms with Gasteiger partial charge in [0.2, 0.25) is 0 Å². The minimum atomic E-state index is -4.73. The number of benzene rings is 1. The van der Waals surface area contributed by atoms with Crippen LogP contribution in [0.3, 0.4) is 0 Å². The summed E-state index contributed by atoms with van der Waals surface area (Å²) in [6.45, 7) is 1.08. The Kier molecular flexibility index (Phi) is 7.53. The number of carbonyl (C=O) groups excluding carboxylic acids is 1. The number of rotatable bonds is 5. The van der Waals surface area contributed by atoms with Gasteiger partial charge in [-0.2, -0.15) is 26.3 Å². The van der Waals surface area contributed by atoms with Crippen molar-refractivity contribution in [1.82, 2.24) is 9.88 Å². The van der Waals surface area contributed by atoms with Crippen molar-refractivity contribution in [1.29, 1.82) is 0 Å². The first kappa shape index (κ1) is 25.9. The molecule has 13 heteroatoms. The van der Waals surface area contributed by atoms with E-state index in [1.807, 2.05) is 0 Å². The third-order valence-electron chi connectivity index (χ3n) is 5.20. The Balaban J connectivity index is 1.75. The molecule has 1 aromatic carbocycles. The number of pyridine rings is 1. The Morgan fingerprint density at radius 2 is 1.74 bits per heavy atom. The van der Waals surface area contributed by atoms with Crippen molar-refractivity contribution in [3.8, 4) is 5.75 Å². The topological polar surface area (TPSA) is 45.7 Å². The zero-order valence-corrected chi connectivity index (χ0v) is 18.8. The van der Waals surface area contributed by atoms with E-state index in [-0.39, 0.29) is 43.3 Å². The van der Waals surface area contributed by atoms with Crippen LogP contribution in [0.15, 0.2) is 35.4 Å². The van der Waals surface area contributed by atoms with Gasteiger partial charge in [0.25, 0.3) is 5.91 Å². The molecule has 1 aliphatic rings. The first-order valence-electron chi connectivity index (χ1n) is 9.99. The molecule has 1 fully saturated rings. The number of piperazine rings is 1. The van der Waals surface area contributed by atoms with Gasteiger partial charge in [0.1, 0.15) is 5.75 Å². The normalized spacial score (nSPS) is 15.9. The highest BCUT2D eigenvalue weighted by Crippen LogP contribution is 2.33. The van der Waals surface area contributed by atoms with Crippen molar-refractivity contribution < 1.29 is 40.3 Å². The molecule has 1 amide bonds. The molecular formula is C21H20F7N3O2S. The Morgan fingerprint density at radius 1 is 1.09 bits per heavy atom. The van der Waals surface area contributed by atoms with Gasteiger partial charge in [-0.3, -0.25) is 4.79 Å². The molecule has 2 aromatic rings. The number of nitrogens with zero attached hydrogens (tertiary/aromatic N) is 3. The van der Waals surface area contributed by atoms with Crippen molar-refractivity contribution >= 4 is 23.5 Å². The molecule has 1 atom stereocenters. The molecule has 0 spiro atoms. The SMILES string of the molecule is CSc1ccc(OC(C)C(F)(F)F)c(C(=O)N2CCN(c3ncc(C(F)(F)F)cc3F)CC2)c1. The summed E-state index contributed by atoms with van der Waals surface area (Å²) in [6, 6.07) is 4.64. The fourth-order valence-electron chi connectivity index (χ4n) is 3.27. The molecule has 0 radical (unpaired) electrons. The zero-order chi connectivity index (χ0) is 25.3. The van der Waals surface area contributed by atoms with E-state index in [0.29, 0.717) is 17.2 Å². The molecule has 3 rings (SSSR count). The highest BCUT2D eigenvalue weighted by atomic mass is 32.2. The van der Waals surface area contributed by atoms with E-state index in [1.54, 1.807) is 6.26 Å². The zero-order valence-electron chi connectivity index (χ0n) is 18.0. The molecule has 2 heterocycles. The van der Waals surface area contributed by atoms with E-state index in [0.717, 1.165) is 6.92 Å². The number of carbonyl (C=O) groups is 1. The molecule has 0 aliphatic carbocycles. The number of hydrogen-bond acceptors (Lipinski definition) is 5. The molecule has 0 bridgehead atoms. The van der Waals surface area contributed by atoms with Crippen LogP contribution in [0.1, 0.15) is 22.8 Å². The lowest BCUT2D eigenvalue weighted by Gasteiger charge is -2.36. The molecule has 1 unspecified atom stereocenters. The van der Waals surface area contributed by atoms with E-state index in [4.69, 9.17) is 4.74 Å². The maximum atomic E-state index is 14.2. The summed E-state index contributed by atoms with van der Waals surface area (Å²) in [5.41, 5.74) is -1.26. The molecule has 1 saturated heterocycles. The van der Waals surface area contributed by atoms with Gasteiger partial charge in [-0.25, -0.2) is 9.37 Å². The van der Waals surface area contributed by atoms with Crippen LogP contribution in [-0.2, 0) is 6.18 Å². The van der Waals surface area contributed by atoms with E-state index in [1.165, 1.54) is 39.8 Å². The molecule has 0 N–H and O–H groups in total. The number of aromatic nitrogens is 1. The summed E-state index contributed by atoms with van der Waals surface area (Å²) in [4.78, 5) is 20.1. The van der Waals surface area contributed by atoms with Crippen LogP contribution in [0, 0.1) is 5.82 Å². The van der Waals surface area contributed by atoms with E-state index >= 15 is 0 Å². The van der Waals surface area contributed by atoms with Crippen LogP contribution in [-0.4, -0.2) is 60.5 Å². The van der Waals surface area contributed by atoms with Gasteiger partial charge < -0.3 is 14.5 Å². The predicted octanol–water partition coefficient (Wildman–Crippen LogP) is 5.25. The second-order valence-corrected chi connectivity index (χ2v) is 8.35. The Labute approximate surface area is 194 Å². The van der Waals surface area contributed by atoms with Crippen molar-refractivity contribution in [2.75, 3.05) is 37.3 Å². The smallest absolute Gasteiger partial charge is 0.425 e. The lowest BCUT2D eigenvalue weighted by molar-refractivity contribution is -0.189. The monoisotopic (exact) mass is 511 g/mol. The number of anilines is 1. The van der Waals surface area contributed by atoms with E-state index < -0.39 is 35.7 Å². The largest absolute Gasteiger partial charge is 0.480 e. The van der Waals surface area contributed by atoms with Gasteiger partial charge in [-0.1, -0.05) is 0 Å². The summed E-state index contributed by atoms with van der Waals surface area (Å²) in [5.74, 6) is -2.20. The second kappa shape index (κ2) is 9.88. The quantitative estimate of drug-likeness (QED) is 0.405. The van der Waals surface area contributed by atoms with Gasteiger partial charge in [0.15, 0.2) is 17.7 Å². The average Bonchev–Trinajstić information content (AvgIpc) is 2.77. The summed E-state index contributed by atoms with van der Waals surface area (Å²) in [5, 5.41) is 0. The molecule has 186 valence electrons. The minimum Gasteiger partial charge on any atom is -0.480 e. The molecule has 5 nitrogen and oxygen atoms in total. The van der Waals surface area contributed by atoms with Crippen LogP contribution in [0.5, 0.6) is 5.75 Å². The fourth-order valence-corrected chi connectivity index (χ4v) is 3.71. The molecule has 1 aliphatic heterocycles. The van der Waals surface area contributed by atoms with E-state index in [2.05, 4.69) is 4.98 Å². The van der Waals surface area contributed by atoms with Gasteiger partial charge in [-0.05, 0) is 37.4 Å². The fraction of sp³-hybridized carbons (Fsp3) is 0.429. The van der Waals surface area contributed by atoms with Crippen molar-refractivity contribution in [3.63, 3.8) is 0 Å². The van der Waals surface area contributed by atoms with E-state index in [9.17, 15) is 35.5 Å². The van der Waals surface area contributed by atoms with Gasteiger partial charge in [0.05, 0.1) is 11.1 Å². The Bertz CT molecular complexity index is 1040. The van der Waals surface area contributed by atoms with Crippen LogP contribution in [0.2, 0.25) is 0 Å². The minimum absolute atomic E-state index is 0.0461. The van der Waals surface area contributed by atoms with Crippen LogP contribution in [0.4, 0.5) is 36.6 Å². The lowest BCUT2D eigenvalue weighted by Crippen LogP contribution is -2.49. The van der Waals surface area contributed by atoms with Gasteiger partial charge >= 0.3 is 12.4 Å². The number of alkyl halides is 6. The standard InChI is InChI=1S/C21H20F7N3O2S/c1-12(20(23,24)25)33-17-4-3-14(34-2)10-15(17)19(32)31-7-5-30(6-8-31)18-16(22)9-13(11-29-18)21(26,27)28/h3-4,9-12H,5-8H2,1-2H3. The molecular weight excluding hydrogens is 491 g/mol. The Hall–Kier alpha value is -2.70. The van der Waals surface area contributed by atoms with Crippen molar-refractivity contribution in [2.45, 2.75) is 30.3 Å². The number of amides is 1. The summed E-state index contributed by atoms with van der Waals surface area (Å²) >= 11 is 1.30. The molecule has 0 saturated carbocycles. The first-order valence-corrected chi connectivity index (χ1v) is 11.2. The number of halogens is 7. The predicted molar refractivity (Wildman–Crippen MR) is 112 cm³/mol. The first-order chi connectivity index (χ1) is 15.8. The highest BCUT2D eigenvalue weighted by Gasteiger charge is 2.39. The molecule has 1 aromatic heterocycles.